The summed E-state index contributed by atoms with van der Waals surface area (Å²) in [5.74, 6) is -2.38. The van der Waals surface area contributed by atoms with Crippen LogP contribution in [-0.4, -0.2) is 35.5 Å². The second-order valence-electron chi connectivity index (χ2n) is 8.71. The minimum atomic E-state index is -1.12. The van der Waals surface area contributed by atoms with Crippen LogP contribution in [0, 0.1) is 26.7 Å². The van der Waals surface area contributed by atoms with Crippen molar-refractivity contribution in [2.75, 3.05) is 6.54 Å². The number of furan rings is 1. The molecule has 0 saturated carbocycles. The van der Waals surface area contributed by atoms with Crippen molar-refractivity contribution in [3.05, 3.63) is 45.0 Å². The van der Waals surface area contributed by atoms with Crippen molar-refractivity contribution < 1.29 is 28.3 Å². The van der Waals surface area contributed by atoms with Crippen molar-refractivity contribution in [1.29, 1.82) is 0 Å². The van der Waals surface area contributed by atoms with Crippen LogP contribution in [0.2, 0.25) is 0 Å². The first-order valence-electron chi connectivity index (χ1n) is 11.3. The summed E-state index contributed by atoms with van der Waals surface area (Å²) < 4.78 is 11.2. The number of carboxylic acids is 1. The molecule has 9 nitrogen and oxygen atoms in total. The molecule has 182 valence electrons. The van der Waals surface area contributed by atoms with Gasteiger partial charge < -0.3 is 24.6 Å². The van der Waals surface area contributed by atoms with E-state index in [4.69, 9.17) is 8.83 Å². The Morgan fingerprint density at radius 2 is 1.76 bits per heavy atom. The predicted molar refractivity (Wildman–Crippen MR) is 127 cm³/mol. The van der Waals surface area contributed by atoms with E-state index < -0.39 is 29.5 Å². The van der Waals surface area contributed by atoms with Gasteiger partial charge in [-0.2, -0.15) is 0 Å². The van der Waals surface area contributed by atoms with Crippen molar-refractivity contribution >= 4 is 39.7 Å². The van der Waals surface area contributed by atoms with Gasteiger partial charge in [0.1, 0.15) is 17.2 Å². The van der Waals surface area contributed by atoms with Gasteiger partial charge in [0, 0.05) is 28.3 Å². The van der Waals surface area contributed by atoms with E-state index in [1.807, 2.05) is 33.8 Å². The molecule has 2 heterocycles. The minimum Gasteiger partial charge on any atom is -0.480 e. The molecule has 34 heavy (non-hydrogen) atoms. The van der Waals surface area contributed by atoms with Gasteiger partial charge in [-0.1, -0.05) is 20.3 Å². The first kappa shape index (κ1) is 25.0. The predicted octanol–water partition coefficient (Wildman–Crippen LogP) is 3.13. The van der Waals surface area contributed by atoms with Crippen molar-refractivity contribution in [3.63, 3.8) is 0 Å². The van der Waals surface area contributed by atoms with Gasteiger partial charge in [-0.05, 0) is 50.3 Å². The molecule has 0 aliphatic heterocycles. The zero-order chi connectivity index (χ0) is 25.2. The molecule has 0 bridgehead atoms. The van der Waals surface area contributed by atoms with Crippen molar-refractivity contribution in [3.8, 4) is 0 Å². The maximum absolute atomic E-state index is 12.7. The Morgan fingerprint density at radius 1 is 1.06 bits per heavy atom. The maximum atomic E-state index is 12.7. The van der Waals surface area contributed by atoms with Crippen LogP contribution < -0.4 is 16.3 Å². The number of aliphatic carboxylic acids is 1. The van der Waals surface area contributed by atoms with Crippen LogP contribution in [0.15, 0.2) is 26.0 Å². The van der Waals surface area contributed by atoms with Crippen LogP contribution in [0.1, 0.15) is 48.9 Å². The third-order valence-electron chi connectivity index (χ3n) is 6.38. The number of rotatable bonds is 9. The average Bonchev–Trinajstić information content (AvgIpc) is 3.17. The minimum absolute atomic E-state index is 0.0237. The molecule has 2 aromatic heterocycles. The Hall–Kier alpha value is -3.62. The van der Waals surface area contributed by atoms with Gasteiger partial charge >= 0.3 is 11.6 Å². The highest BCUT2D eigenvalue weighted by Gasteiger charge is 2.25. The number of fused-ring (bicyclic) bond motifs is 2. The topological polar surface area (TPSA) is 139 Å². The van der Waals surface area contributed by atoms with Gasteiger partial charge in [0.2, 0.25) is 11.8 Å². The summed E-state index contributed by atoms with van der Waals surface area (Å²) in [5.41, 5.74) is 3.48. The van der Waals surface area contributed by atoms with Crippen LogP contribution in [0.3, 0.4) is 0 Å². The fourth-order valence-corrected chi connectivity index (χ4v) is 4.02. The summed E-state index contributed by atoms with van der Waals surface area (Å²) in [6.45, 7) is 8.82. The number of hydrogen-bond donors (Lipinski definition) is 3. The van der Waals surface area contributed by atoms with Gasteiger partial charge in [0.05, 0.1) is 12.8 Å². The molecular weight excluding hydrogens is 440 g/mol. The van der Waals surface area contributed by atoms with Crippen molar-refractivity contribution in [1.82, 2.24) is 10.6 Å². The third-order valence-corrected chi connectivity index (χ3v) is 6.38. The number of nitrogens with one attached hydrogen (secondary N) is 2. The summed E-state index contributed by atoms with van der Waals surface area (Å²) >= 11 is 0. The molecule has 0 aliphatic rings. The highest BCUT2D eigenvalue weighted by molar-refractivity contribution is 5.99. The molecule has 0 radical (unpaired) electrons. The molecule has 3 N–H and O–H groups in total. The lowest BCUT2D eigenvalue weighted by Crippen LogP contribution is -2.48. The molecule has 0 unspecified atom stereocenters. The quantitative estimate of drug-likeness (QED) is 0.408. The molecule has 3 rings (SSSR count). The number of aryl methyl sites for hydroxylation is 3. The summed E-state index contributed by atoms with van der Waals surface area (Å²) in [6, 6.07) is 0.909. The Morgan fingerprint density at radius 3 is 2.41 bits per heavy atom. The molecule has 3 aromatic rings. The molecule has 9 heteroatoms. The zero-order valence-electron chi connectivity index (χ0n) is 20.0. The van der Waals surface area contributed by atoms with Gasteiger partial charge in [0.25, 0.3) is 0 Å². The van der Waals surface area contributed by atoms with E-state index in [-0.39, 0.29) is 25.3 Å². The molecular formula is C25H30N2O7. The second-order valence-corrected chi connectivity index (χ2v) is 8.71. The van der Waals surface area contributed by atoms with E-state index in [0.717, 1.165) is 27.5 Å². The summed E-state index contributed by atoms with van der Waals surface area (Å²) in [6.07, 6.45) is 2.36. The van der Waals surface area contributed by atoms with Crippen molar-refractivity contribution in [2.45, 2.75) is 59.9 Å². The summed E-state index contributed by atoms with van der Waals surface area (Å²) in [4.78, 5) is 48.4. The number of carbonyl (C=O) groups is 3. The standard InChI is InChI=1S/C25H30N2O7/c1-6-12(2)21(24(30)31)27-20(29)10-26-19(28)8-7-16-14(4)18-9-17-13(3)11-33-22(17)15(5)23(18)34-25(16)32/h9,11-12,21H,6-8,10H2,1-5H3,(H,26,28)(H,27,29)(H,30,31)/t12-,21+/m1/s1. The van der Waals surface area contributed by atoms with Crippen LogP contribution in [0.5, 0.6) is 0 Å². The largest absolute Gasteiger partial charge is 0.480 e. The number of carboxylic acid groups (broad SMARTS) is 1. The van der Waals surface area contributed by atoms with E-state index in [1.54, 1.807) is 13.2 Å². The van der Waals surface area contributed by atoms with E-state index >= 15 is 0 Å². The van der Waals surface area contributed by atoms with Gasteiger partial charge in [0.15, 0.2) is 0 Å². The lowest BCUT2D eigenvalue weighted by molar-refractivity contribution is -0.143. The number of hydrogen-bond acceptors (Lipinski definition) is 6. The van der Waals surface area contributed by atoms with E-state index in [0.29, 0.717) is 23.2 Å². The number of carbonyl (C=O) groups excluding carboxylic acids is 2. The fourth-order valence-electron chi connectivity index (χ4n) is 4.02. The molecule has 0 saturated heterocycles. The Kier molecular flexibility index (Phi) is 7.44. The maximum Gasteiger partial charge on any atom is 0.339 e. The van der Waals surface area contributed by atoms with Gasteiger partial charge in [-0.25, -0.2) is 9.59 Å². The van der Waals surface area contributed by atoms with E-state index in [1.165, 1.54) is 0 Å². The summed E-state index contributed by atoms with van der Waals surface area (Å²) in [7, 11) is 0. The highest BCUT2D eigenvalue weighted by Crippen LogP contribution is 2.32. The lowest BCUT2D eigenvalue weighted by Gasteiger charge is -2.20. The number of amides is 2. The molecule has 0 aliphatic carbocycles. The molecule has 1 aromatic carbocycles. The molecule has 2 amide bonds. The number of benzene rings is 1. The first-order valence-corrected chi connectivity index (χ1v) is 11.3. The first-order chi connectivity index (χ1) is 16.0. The van der Waals surface area contributed by atoms with Gasteiger partial charge in [-0.3, -0.25) is 9.59 Å². The lowest BCUT2D eigenvalue weighted by atomic mass is 9.98. The third kappa shape index (κ3) is 4.98. The molecule has 0 fully saturated rings. The Bertz CT molecular complexity index is 1320. The normalized spacial score (nSPS) is 13.1. The Balaban J connectivity index is 1.69. The monoisotopic (exact) mass is 470 g/mol. The zero-order valence-corrected chi connectivity index (χ0v) is 20.0. The smallest absolute Gasteiger partial charge is 0.339 e. The van der Waals surface area contributed by atoms with E-state index in [9.17, 15) is 24.3 Å². The SMILES string of the molecule is CC[C@@H](C)[C@H](NC(=O)CNC(=O)CCc1c(C)c2cc3c(C)coc3c(C)c2oc1=O)C(=O)O. The average molecular weight is 471 g/mol. The fraction of sp³-hybridized carbons (Fsp3) is 0.440. The van der Waals surface area contributed by atoms with E-state index in [2.05, 4.69) is 10.6 Å². The van der Waals surface area contributed by atoms with Crippen LogP contribution in [0.4, 0.5) is 0 Å². The summed E-state index contributed by atoms with van der Waals surface area (Å²) in [5, 5.41) is 15.9. The van der Waals surface area contributed by atoms with Crippen LogP contribution in [-0.2, 0) is 20.8 Å². The van der Waals surface area contributed by atoms with Gasteiger partial charge in [-0.15, -0.1) is 0 Å². The van der Waals surface area contributed by atoms with Crippen LogP contribution in [0.25, 0.3) is 21.9 Å². The van der Waals surface area contributed by atoms with Crippen molar-refractivity contribution in [2.24, 2.45) is 5.92 Å². The highest BCUT2D eigenvalue weighted by atomic mass is 16.4. The second kappa shape index (κ2) is 10.1. The molecule has 0 spiro atoms. The molecule has 2 atom stereocenters. The Labute approximate surface area is 196 Å². The van der Waals surface area contributed by atoms with Crippen LogP contribution >= 0.6 is 0 Å².